The van der Waals surface area contributed by atoms with Crippen LogP contribution < -0.4 is 5.73 Å². The number of amides is 1. The Balaban J connectivity index is 2.88. The summed E-state index contributed by atoms with van der Waals surface area (Å²) in [6.07, 6.45) is 3.07. The molecule has 2 N–H and O–H groups in total. The number of aromatic nitrogens is 1. The van der Waals surface area contributed by atoms with Crippen molar-refractivity contribution < 1.29 is 4.79 Å². The molecule has 1 heterocycles. The van der Waals surface area contributed by atoms with Crippen LogP contribution in [-0.4, -0.2) is 28.9 Å². The van der Waals surface area contributed by atoms with Crippen LogP contribution in [0.2, 0.25) is 0 Å². The molecule has 0 radical (unpaired) electrons. The average Bonchev–Trinajstić information content (AvgIpc) is 2.19. The van der Waals surface area contributed by atoms with Crippen LogP contribution in [0.15, 0.2) is 18.5 Å². The molecule has 1 aromatic rings. The second kappa shape index (κ2) is 4.60. The van der Waals surface area contributed by atoms with Crippen LogP contribution in [-0.2, 0) is 0 Å². The van der Waals surface area contributed by atoms with Crippen LogP contribution in [0.3, 0.4) is 0 Å². The van der Waals surface area contributed by atoms with Crippen molar-refractivity contribution in [3.63, 3.8) is 0 Å². The summed E-state index contributed by atoms with van der Waals surface area (Å²) < 4.78 is 0. The monoisotopic (exact) mass is 193 g/mol. The van der Waals surface area contributed by atoms with Gasteiger partial charge in [0.1, 0.15) is 0 Å². The van der Waals surface area contributed by atoms with Gasteiger partial charge in [0.15, 0.2) is 0 Å². The molecule has 1 aromatic heterocycles. The van der Waals surface area contributed by atoms with Crippen molar-refractivity contribution in [1.82, 2.24) is 9.88 Å². The summed E-state index contributed by atoms with van der Waals surface area (Å²) in [6.45, 7) is 5.29. The summed E-state index contributed by atoms with van der Waals surface area (Å²) in [5, 5.41) is 0. The third kappa shape index (κ3) is 2.22. The van der Waals surface area contributed by atoms with E-state index >= 15 is 0 Å². The molecule has 0 bridgehead atoms. The SMILES string of the molecule is CCN(CC)C(=O)c1cncc(N)c1. The van der Waals surface area contributed by atoms with Crippen LogP contribution in [0.1, 0.15) is 24.2 Å². The third-order valence-electron chi connectivity index (χ3n) is 2.06. The molecule has 0 aliphatic rings. The number of rotatable bonds is 3. The van der Waals surface area contributed by atoms with Gasteiger partial charge in [0, 0.05) is 25.5 Å². The minimum Gasteiger partial charge on any atom is -0.397 e. The summed E-state index contributed by atoms with van der Waals surface area (Å²) in [5.74, 6) is -0.0187. The Labute approximate surface area is 83.7 Å². The number of nitrogen functional groups attached to an aromatic ring is 1. The fraction of sp³-hybridized carbons (Fsp3) is 0.400. The minimum absolute atomic E-state index is 0.0187. The predicted molar refractivity (Wildman–Crippen MR) is 55.9 cm³/mol. The molecule has 0 spiro atoms. The van der Waals surface area contributed by atoms with E-state index in [1.54, 1.807) is 11.0 Å². The second-order valence-electron chi connectivity index (χ2n) is 2.98. The van der Waals surface area contributed by atoms with E-state index in [4.69, 9.17) is 5.73 Å². The van der Waals surface area contributed by atoms with Gasteiger partial charge in [-0.1, -0.05) is 0 Å². The number of nitrogens with zero attached hydrogens (tertiary/aromatic N) is 2. The molecule has 4 heteroatoms. The van der Waals surface area contributed by atoms with Gasteiger partial charge in [0.05, 0.1) is 11.3 Å². The average molecular weight is 193 g/mol. The van der Waals surface area contributed by atoms with Crippen molar-refractivity contribution in [2.75, 3.05) is 18.8 Å². The van der Waals surface area contributed by atoms with E-state index in [0.29, 0.717) is 24.3 Å². The number of hydrogen-bond acceptors (Lipinski definition) is 3. The first-order valence-electron chi connectivity index (χ1n) is 4.68. The maximum Gasteiger partial charge on any atom is 0.255 e. The maximum absolute atomic E-state index is 11.8. The van der Waals surface area contributed by atoms with E-state index in [-0.39, 0.29) is 5.91 Å². The van der Waals surface area contributed by atoms with Crippen LogP contribution in [0, 0.1) is 0 Å². The van der Waals surface area contributed by atoms with Crippen molar-refractivity contribution >= 4 is 11.6 Å². The van der Waals surface area contributed by atoms with Crippen molar-refractivity contribution in [3.05, 3.63) is 24.0 Å². The van der Waals surface area contributed by atoms with Crippen molar-refractivity contribution in [2.24, 2.45) is 0 Å². The molecule has 0 aliphatic carbocycles. The lowest BCUT2D eigenvalue weighted by molar-refractivity contribution is 0.0772. The lowest BCUT2D eigenvalue weighted by atomic mass is 10.2. The van der Waals surface area contributed by atoms with E-state index in [9.17, 15) is 4.79 Å². The zero-order chi connectivity index (χ0) is 10.6. The molecular formula is C10H15N3O. The second-order valence-corrected chi connectivity index (χ2v) is 2.98. The molecule has 0 aromatic carbocycles. The quantitative estimate of drug-likeness (QED) is 0.783. The van der Waals surface area contributed by atoms with E-state index in [0.717, 1.165) is 0 Å². The zero-order valence-corrected chi connectivity index (χ0v) is 8.53. The highest BCUT2D eigenvalue weighted by atomic mass is 16.2. The smallest absolute Gasteiger partial charge is 0.255 e. The van der Waals surface area contributed by atoms with Crippen LogP contribution in [0.4, 0.5) is 5.69 Å². The number of carbonyl (C=O) groups excluding carboxylic acids is 1. The van der Waals surface area contributed by atoms with Gasteiger partial charge in [0.2, 0.25) is 0 Å². The van der Waals surface area contributed by atoms with Crippen molar-refractivity contribution in [3.8, 4) is 0 Å². The van der Waals surface area contributed by atoms with E-state index in [1.807, 2.05) is 13.8 Å². The third-order valence-corrected chi connectivity index (χ3v) is 2.06. The number of hydrogen-bond donors (Lipinski definition) is 1. The fourth-order valence-corrected chi connectivity index (χ4v) is 1.27. The molecule has 0 saturated heterocycles. The molecule has 0 saturated carbocycles. The van der Waals surface area contributed by atoms with Crippen LogP contribution in [0.5, 0.6) is 0 Å². The molecule has 0 fully saturated rings. The summed E-state index contributed by atoms with van der Waals surface area (Å²) in [7, 11) is 0. The number of nitrogens with two attached hydrogens (primary N) is 1. The normalized spacial score (nSPS) is 9.86. The molecule has 0 aliphatic heterocycles. The number of anilines is 1. The molecule has 0 unspecified atom stereocenters. The van der Waals surface area contributed by atoms with Crippen LogP contribution in [0.25, 0.3) is 0 Å². The highest BCUT2D eigenvalue weighted by molar-refractivity contribution is 5.94. The molecule has 4 nitrogen and oxygen atoms in total. The topological polar surface area (TPSA) is 59.2 Å². The van der Waals surface area contributed by atoms with Gasteiger partial charge < -0.3 is 10.6 Å². The zero-order valence-electron chi connectivity index (χ0n) is 8.53. The first-order valence-corrected chi connectivity index (χ1v) is 4.68. The van der Waals surface area contributed by atoms with Gasteiger partial charge in [-0.2, -0.15) is 0 Å². The van der Waals surface area contributed by atoms with Gasteiger partial charge in [-0.25, -0.2) is 0 Å². The largest absolute Gasteiger partial charge is 0.397 e. The molecule has 1 rings (SSSR count). The molecule has 14 heavy (non-hydrogen) atoms. The van der Waals surface area contributed by atoms with E-state index in [2.05, 4.69) is 4.98 Å². The molecular weight excluding hydrogens is 178 g/mol. The Morgan fingerprint density at radius 1 is 1.43 bits per heavy atom. The number of pyridine rings is 1. The Morgan fingerprint density at radius 2 is 2.07 bits per heavy atom. The Bertz CT molecular complexity index is 321. The lowest BCUT2D eigenvalue weighted by Crippen LogP contribution is -2.30. The summed E-state index contributed by atoms with van der Waals surface area (Å²) in [4.78, 5) is 17.4. The summed E-state index contributed by atoms with van der Waals surface area (Å²) in [5.41, 5.74) is 6.61. The molecule has 1 amide bonds. The molecule has 0 atom stereocenters. The highest BCUT2D eigenvalue weighted by Gasteiger charge is 2.12. The first kappa shape index (κ1) is 10.5. The van der Waals surface area contributed by atoms with Gasteiger partial charge in [-0.05, 0) is 19.9 Å². The predicted octanol–water partition coefficient (Wildman–Crippen LogP) is 1.15. The lowest BCUT2D eigenvalue weighted by Gasteiger charge is -2.18. The van der Waals surface area contributed by atoms with Crippen molar-refractivity contribution in [2.45, 2.75) is 13.8 Å². The van der Waals surface area contributed by atoms with Gasteiger partial charge in [-0.15, -0.1) is 0 Å². The Hall–Kier alpha value is -1.58. The van der Waals surface area contributed by atoms with E-state index in [1.165, 1.54) is 12.4 Å². The maximum atomic E-state index is 11.8. The minimum atomic E-state index is -0.0187. The van der Waals surface area contributed by atoms with Crippen molar-refractivity contribution in [1.29, 1.82) is 0 Å². The van der Waals surface area contributed by atoms with Gasteiger partial charge in [-0.3, -0.25) is 9.78 Å². The standard InChI is InChI=1S/C10H15N3O/c1-3-13(4-2)10(14)8-5-9(11)7-12-6-8/h5-7H,3-4,11H2,1-2H3. The summed E-state index contributed by atoms with van der Waals surface area (Å²) in [6, 6.07) is 1.65. The highest BCUT2D eigenvalue weighted by Crippen LogP contribution is 2.07. The van der Waals surface area contributed by atoms with Crippen LogP contribution >= 0.6 is 0 Å². The Kier molecular flexibility index (Phi) is 3.45. The fourth-order valence-electron chi connectivity index (χ4n) is 1.27. The summed E-state index contributed by atoms with van der Waals surface area (Å²) >= 11 is 0. The van der Waals surface area contributed by atoms with Gasteiger partial charge in [0.25, 0.3) is 5.91 Å². The number of carbonyl (C=O) groups is 1. The molecule has 76 valence electrons. The Morgan fingerprint density at radius 3 is 2.57 bits per heavy atom. The van der Waals surface area contributed by atoms with Gasteiger partial charge >= 0.3 is 0 Å². The first-order chi connectivity index (χ1) is 6.69. The van der Waals surface area contributed by atoms with E-state index < -0.39 is 0 Å².